The van der Waals surface area contributed by atoms with E-state index in [-0.39, 0.29) is 19.6 Å². The molecule has 2 aliphatic heterocycles. The summed E-state index contributed by atoms with van der Waals surface area (Å²) >= 11 is 0. The fourth-order valence-corrected chi connectivity index (χ4v) is 2.90. The summed E-state index contributed by atoms with van der Waals surface area (Å²) in [6, 6.07) is -2.23. The Morgan fingerprint density at radius 2 is 1.95 bits per heavy atom. The van der Waals surface area contributed by atoms with E-state index < -0.39 is 36.2 Å². The van der Waals surface area contributed by atoms with Gasteiger partial charge in [-0.05, 0) is 19.8 Å². The van der Waals surface area contributed by atoms with Crippen LogP contribution < -0.4 is 0 Å². The van der Waals surface area contributed by atoms with Gasteiger partial charge in [0.15, 0.2) is 0 Å². The standard InChI is InChI=1S/C13H20N2O6/c1-2-21-12(19)9-4-3-5-14(9)13(20)15-7-8(16)6-10(15)11(17)18/h8-10,16H,2-7H2,1H3,(H,17,18)/t8-,9?,10+/m1/s1. The molecule has 2 rings (SSSR count). The SMILES string of the molecule is CCOC(=O)C1CCCN1C(=O)N1C[C@H](O)C[C@H]1C(=O)O. The lowest BCUT2D eigenvalue weighted by molar-refractivity contribution is -0.147. The van der Waals surface area contributed by atoms with Crippen LogP contribution in [0.2, 0.25) is 0 Å². The van der Waals surface area contributed by atoms with Crippen molar-refractivity contribution in [3.63, 3.8) is 0 Å². The number of aliphatic carboxylic acids is 1. The molecule has 2 heterocycles. The van der Waals surface area contributed by atoms with Gasteiger partial charge in [0.05, 0.1) is 12.7 Å². The Morgan fingerprint density at radius 3 is 2.57 bits per heavy atom. The second kappa shape index (κ2) is 6.30. The van der Waals surface area contributed by atoms with Crippen LogP contribution in [-0.2, 0) is 14.3 Å². The highest BCUT2D eigenvalue weighted by Gasteiger charge is 2.44. The number of urea groups is 1. The summed E-state index contributed by atoms with van der Waals surface area (Å²) in [4.78, 5) is 38.0. The van der Waals surface area contributed by atoms with E-state index in [0.717, 1.165) is 4.90 Å². The van der Waals surface area contributed by atoms with Crippen molar-refractivity contribution in [1.82, 2.24) is 9.80 Å². The van der Waals surface area contributed by atoms with Gasteiger partial charge in [-0.1, -0.05) is 0 Å². The molecule has 0 radical (unpaired) electrons. The smallest absolute Gasteiger partial charge is 0.328 e. The lowest BCUT2D eigenvalue weighted by Crippen LogP contribution is -2.51. The maximum atomic E-state index is 12.5. The Balaban J connectivity index is 2.11. The van der Waals surface area contributed by atoms with Crippen molar-refractivity contribution < 1.29 is 29.3 Å². The largest absolute Gasteiger partial charge is 0.480 e. The first-order valence-corrected chi connectivity index (χ1v) is 7.10. The summed E-state index contributed by atoms with van der Waals surface area (Å²) in [7, 11) is 0. The lowest BCUT2D eigenvalue weighted by Gasteiger charge is -2.30. The molecule has 21 heavy (non-hydrogen) atoms. The number of carbonyl (C=O) groups excluding carboxylic acids is 2. The molecular weight excluding hydrogens is 280 g/mol. The van der Waals surface area contributed by atoms with Gasteiger partial charge in [0.1, 0.15) is 12.1 Å². The molecule has 0 saturated carbocycles. The normalized spacial score (nSPS) is 28.8. The first-order chi connectivity index (χ1) is 9.95. The maximum Gasteiger partial charge on any atom is 0.328 e. The Morgan fingerprint density at radius 1 is 1.24 bits per heavy atom. The minimum absolute atomic E-state index is 0.0129. The van der Waals surface area contributed by atoms with Crippen LogP contribution in [0.4, 0.5) is 4.79 Å². The highest BCUT2D eigenvalue weighted by atomic mass is 16.5. The van der Waals surface area contributed by atoms with Gasteiger partial charge in [-0.15, -0.1) is 0 Å². The van der Waals surface area contributed by atoms with Crippen molar-refractivity contribution in [2.75, 3.05) is 19.7 Å². The molecule has 8 heteroatoms. The molecule has 0 spiro atoms. The number of aliphatic hydroxyl groups is 1. The number of hydrogen-bond acceptors (Lipinski definition) is 5. The van der Waals surface area contributed by atoms with Crippen LogP contribution >= 0.6 is 0 Å². The van der Waals surface area contributed by atoms with Crippen LogP contribution in [-0.4, -0.2) is 75.9 Å². The molecular formula is C13H20N2O6. The van der Waals surface area contributed by atoms with E-state index in [4.69, 9.17) is 9.84 Å². The fourth-order valence-electron chi connectivity index (χ4n) is 2.90. The number of amides is 2. The molecule has 2 saturated heterocycles. The van der Waals surface area contributed by atoms with Gasteiger partial charge in [-0.25, -0.2) is 14.4 Å². The molecule has 0 aliphatic carbocycles. The van der Waals surface area contributed by atoms with Crippen LogP contribution in [0.25, 0.3) is 0 Å². The van der Waals surface area contributed by atoms with Crippen LogP contribution in [0.5, 0.6) is 0 Å². The Bertz CT molecular complexity index is 440. The zero-order valence-corrected chi connectivity index (χ0v) is 11.9. The second-order valence-electron chi connectivity index (χ2n) is 5.28. The third-order valence-electron chi connectivity index (χ3n) is 3.87. The summed E-state index contributed by atoms with van der Waals surface area (Å²) in [6.07, 6.45) is 0.347. The van der Waals surface area contributed by atoms with Crippen molar-refractivity contribution in [2.45, 2.75) is 44.4 Å². The van der Waals surface area contributed by atoms with Gasteiger partial charge < -0.3 is 24.7 Å². The van der Waals surface area contributed by atoms with Crippen molar-refractivity contribution in [3.05, 3.63) is 0 Å². The molecule has 1 unspecified atom stereocenters. The molecule has 118 valence electrons. The van der Waals surface area contributed by atoms with Crippen molar-refractivity contribution in [1.29, 1.82) is 0 Å². The first-order valence-electron chi connectivity index (χ1n) is 7.10. The number of esters is 1. The van der Waals surface area contributed by atoms with E-state index in [2.05, 4.69) is 0 Å². The molecule has 0 aromatic heterocycles. The average Bonchev–Trinajstić information content (AvgIpc) is 3.04. The lowest BCUT2D eigenvalue weighted by atomic mass is 10.2. The van der Waals surface area contributed by atoms with E-state index in [1.807, 2.05) is 0 Å². The van der Waals surface area contributed by atoms with Crippen molar-refractivity contribution in [2.24, 2.45) is 0 Å². The van der Waals surface area contributed by atoms with Crippen LogP contribution in [0.1, 0.15) is 26.2 Å². The summed E-state index contributed by atoms with van der Waals surface area (Å²) in [6.45, 7) is 2.29. The first kappa shape index (κ1) is 15.6. The fraction of sp³-hybridized carbons (Fsp3) is 0.769. The van der Waals surface area contributed by atoms with Gasteiger partial charge in [-0.3, -0.25) is 0 Å². The molecule has 2 N–H and O–H groups in total. The molecule has 2 amide bonds. The van der Waals surface area contributed by atoms with Gasteiger partial charge in [0, 0.05) is 19.5 Å². The number of β-amino-alcohol motifs (C(OH)–C–C–N with tert-alkyl or cyclic N) is 1. The second-order valence-corrected chi connectivity index (χ2v) is 5.28. The molecule has 2 fully saturated rings. The van der Waals surface area contributed by atoms with Crippen molar-refractivity contribution in [3.8, 4) is 0 Å². The van der Waals surface area contributed by atoms with E-state index in [1.165, 1.54) is 4.90 Å². The highest BCUT2D eigenvalue weighted by molar-refractivity contribution is 5.87. The number of hydrogen-bond donors (Lipinski definition) is 2. The Hall–Kier alpha value is -1.83. The number of ether oxygens (including phenoxy) is 1. The highest BCUT2D eigenvalue weighted by Crippen LogP contribution is 2.25. The monoisotopic (exact) mass is 300 g/mol. The molecule has 3 atom stereocenters. The van der Waals surface area contributed by atoms with Crippen LogP contribution in [0.15, 0.2) is 0 Å². The number of carboxylic acids is 1. The minimum Gasteiger partial charge on any atom is -0.480 e. The number of rotatable bonds is 3. The third-order valence-corrected chi connectivity index (χ3v) is 3.87. The average molecular weight is 300 g/mol. The van der Waals surface area contributed by atoms with Crippen LogP contribution in [0.3, 0.4) is 0 Å². The zero-order valence-electron chi connectivity index (χ0n) is 11.9. The molecule has 8 nitrogen and oxygen atoms in total. The van der Waals surface area contributed by atoms with Gasteiger partial charge in [0.25, 0.3) is 0 Å². The number of aliphatic hydroxyl groups excluding tert-OH is 1. The number of likely N-dealkylation sites (tertiary alicyclic amines) is 2. The molecule has 0 bridgehead atoms. The Labute approximate surface area is 122 Å². The van der Waals surface area contributed by atoms with E-state index in [0.29, 0.717) is 19.4 Å². The Kier molecular flexibility index (Phi) is 4.66. The van der Waals surface area contributed by atoms with Gasteiger partial charge in [0.2, 0.25) is 0 Å². The van der Waals surface area contributed by atoms with E-state index in [1.54, 1.807) is 6.92 Å². The number of nitrogens with zero attached hydrogens (tertiary/aromatic N) is 2. The number of carbonyl (C=O) groups is 3. The summed E-state index contributed by atoms with van der Waals surface area (Å²) < 4.78 is 4.95. The van der Waals surface area contributed by atoms with Gasteiger partial charge in [-0.2, -0.15) is 0 Å². The maximum absolute atomic E-state index is 12.5. The van der Waals surface area contributed by atoms with Crippen LogP contribution in [0, 0.1) is 0 Å². The molecule has 0 aromatic carbocycles. The summed E-state index contributed by atoms with van der Waals surface area (Å²) in [5, 5.41) is 18.7. The number of carboxylic acid groups (broad SMARTS) is 1. The van der Waals surface area contributed by atoms with Crippen molar-refractivity contribution >= 4 is 18.0 Å². The van der Waals surface area contributed by atoms with Gasteiger partial charge >= 0.3 is 18.0 Å². The van der Waals surface area contributed by atoms with E-state index >= 15 is 0 Å². The summed E-state index contributed by atoms with van der Waals surface area (Å²) in [5.74, 6) is -1.61. The quantitative estimate of drug-likeness (QED) is 0.690. The molecule has 0 aromatic rings. The van der Waals surface area contributed by atoms with E-state index in [9.17, 15) is 19.5 Å². The zero-order chi connectivity index (χ0) is 15.6. The predicted octanol–water partition coefficient (Wildman–Crippen LogP) is -0.346. The third kappa shape index (κ3) is 3.10. The molecule has 2 aliphatic rings. The summed E-state index contributed by atoms with van der Waals surface area (Å²) in [5.41, 5.74) is 0. The predicted molar refractivity (Wildman–Crippen MR) is 70.5 cm³/mol. The minimum atomic E-state index is -1.15. The topological polar surface area (TPSA) is 107 Å².